The summed E-state index contributed by atoms with van der Waals surface area (Å²) in [5.74, 6) is 0.784. The quantitative estimate of drug-likeness (QED) is 0.749. The molecule has 0 radical (unpaired) electrons. The number of piperidine rings is 1. The molecule has 1 saturated carbocycles. The monoisotopic (exact) mass is 458 g/mol. The lowest BCUT2D eigenvalue weighted by Gasteiger charge is -2.64. The van der Waals surface area contributed by atoms with Crippen LogP contribution < -0.4 is 0 Å². The second-order valence-corrected chi connectivity index (χ2v) is 11.2. The molecule has 34 heavy (non-hydrogen) atoms. The largest absolute Gasteiger partial charge is 0.508 e. The van der Waals surface area contributed by atoms with Crippen LogP contribution in [-0.4, -0.2) is 64.2 Å². The van der Waals surface area contributed by atoms with E-state index in [4.69, 9.17) is 4.74 Å². The maximum absolute atomic E-state index is 13.6. The molecule has 0 spiro atoms. The van der Waals surface area contributed by atoms with Gasteiger partial charge in [-0.3, -0.25) is 9.69 Å². The fourth-order valence-electron chi connectivity index (χ4n) is 8.78. The molecule has 178 valence electrons. The van der Waals surface area contributed by atoms with Crippen LogP contribution in [0.2, 0.25) is 0 Å². The van der Waals surface area contributed by atoms with Crippen LogP contribution in [0.25, 0.3) is 0 Å². The third-order valence-corrected chi connectivity index (χ3v) is 9.93. The van der Waals surface area contributed by atoms with Crippen LogP contribution >= 0.6 is 0 Å². The van der Waals surface area contributed by atoms with Crippen molar-refractivity contribution in [2.45, 2.75) is 74.7 Å². The van der Waals surface area contributed by atoms with Crippen LogP contribution in [0.1, 0.15) is 60.5 Å². The Balaban J connectivity index is 1.34. The number of ether oxygens (including phenoxy) is 1. The van der Waals surface area contributed by atoms with Gasteiger partial charge in [0.25, 0.3) is 5.91 Å². The van der Waals surface area contributed by atoms with Crippen molar-refractivity contribution in [3.8, 4) is 5.75 Å². The van der Waals surface area contributed by atoms with Crippen LogP contribution in [0.15, 0.2) is 48.5 Å². The number of nitrogens with zero attached hydrogens (tertiary/aromatic N) is 2. The van der Waals surface area contributed by atoms with Gasteiger partial charge in [0.1, 0.15) is 5.75 Å². The molecule has 3 aliphatic heterocycles. The van der Waals surface area contributed by atoms with Crippen LogP contribution in [0.3, 0.4) is 0 Å². The fraction of sp³-hybridized carbons (Fsp3) is 0.552. The summed E-state index contributed by atoms with van der Waals surface area (Å²) >= 11 is 0. The Labute approximate surface area is 201 Å². The average molecular weight is 459 g/mol. The predicted octanol–water partition coefficient (Wildman–Crippen LogP) is 4.13. The van der Waals surface area contributed by atoms with Crippen molar-refractivity contribution in [2.24, 2.45) is 5.92 Å². The molecule has 5 aliphatic rings. The van der Waals surface area contributed by atoms with Crippen molar-refractivity contribution < 1.29 is 14.6 Å². The number of unbranched alkanes of at least 4 members (excludes halogenated alkanes) is 1. The number of hydrogen-bond donors (Lipinski definition) is 1. The Morgan fingerprint density at radius 1 is 1.18 bits per heavy atom. The molecule has 1 amide bonds. The summed E-state index contributed by atoms with van der Waals surface area (Å²) in [5.41, 5.74) is 3.13. The first-order chi connectivity index (χ1) is 16.6. The zero-order valence-corrected chi connectivity index (χ0v) is 20.0. The van der Waals surface area contributed by atoms with Crippen LogP contribution in [0.4, 0.5) is 0 Å². The van der Waals surface area contributed by atoms with Gasteiger partial charge in [0.2, 0.25) is 0 Å². The highest BCUT2D eigenvalue weighted by Crippen LogP contribution is 2.69. The molecule has 2 aromatic carbocycles. The van der Waals surface area contributed by atoms with E-state index in [2.05, 4.69) is 22.8 Å². The Kier molecular flexibility index (Phi) is 4.51. The van der Waals surface area contributed by atoms with Gasteiger partial charge in [0.05, 0.1) is 11.7 Å². The Morgan fingerprint density at radius 3 is 2.85 bits per heavy atom. The van der Waals surface area contributed by atoms with Crippen molar-refractivity contribution >= 4 is 5.91 Å². The normalized spacial score (nSPS) is 37.4. The SMILES string of the molecule is CCCCN1CCC23c4cc(O)ccc4CC1C21CCC2C3[C@@H](CN2C(=O)c2ccccc2)O1. The topological polar surface area (TPSA) is 53.0 Å². The van der Waals surface area contributed by atoms with E-state index in [1.807, 2.05) is 42.5 Å². The van der Waals surface area contributed by atoms with E-state index >= 15 is 0 Å². The second-order valence-electron chi connectivity index (χ2n) is 11.2. The maximum atomic E-state index is 13.6. The lowest BCUT2D eigenvalue weighted by Crippen LogP contribution is -2.74. The van der Waals surface area contributed by atoms with Crippen molar-refractivity contribution in [2.75, 3.05) is 19.6 Å². The number of carbonyl (C=O) groups is 1. The number of benzene rings is 2. The smallest absolute Gasteiger partial charge is 0.254 e. The number of carbonyl (C=O) groups excluding carboxylic acids is 1. The number of fused-ring (bicyclic) bond motifs is 1. The maximum Gasteiger partial charge on any atom is 0.254 e. The van der Waals surface area contributed by atoms with Gasteiger partial charge in [0, 0.05) is 35.5 Å². The predicted molar refractivity (Wildman–Crippen MR) is 130 cm³/mol. The Hall–Kier alpha value is -2.37. The van der Waals surface area contributed by atoms with Gasteiger partial charge in [-0.15, -0.1) is 0 Å². The minimum Gasteiger partial charge on any atom is -0.508 e. The number of amides is 1. The molecule has 4 bridgehead atoms. The summed E-state index contributed by atoms with van der Waals surface area (Å²) in [6.45, 7) is 5.16. The highest BCUT2D eigenvalue weighted by molar-refractivity contribution is 5.94. The third kappa shape index (κ3) is 2.50. The van der Waals surface area contributed by atoms with Crippen molar-refractivity contribution in [3.63, 3.8) is 0 Å². The molecule has 4 fully saturated rings. The minimum atomic E-state index is -0.201. The van der Waals surface area contributed by atoms with Crippen molar-refractivity contribution in [3.05, 3.63) is 65.2 Å². The highest BCUT2D eigenvalue weighted by atomic mass is 16.5. The van der Waals surface area contributed by atoms with Gasteiger partial charge in [-0.05, 0) is 80.6 Å². The van der Waals surface area contributed by atoms with E-state index in [9.17, 15) is 9.90 Å². The molecule has 5 heteroatoms. The van der Waals surface area contributed by atoms with Gasteiger partial charge >= 0.3 is 0 Å². The summed E-state index contributed by atoms with van der Waals surface area (Å²) in [4.78, 5) is 18.4. The van der Waals surface area contributed by atoms with E-state index in [-0.39, 0.29) is 29.1 Å². The molecule has 3 saturated heterocycles. The molecular weight excluding hydrogens is 424 g/mol. The number of phenols is 1. The summed E-state index contributed by atoms with van der Waals surface area (Å²) < 4.78 is 7.23. The van der Waals surface area contributed by atoms with E-state index in [1.165, 1.54) is 24.0 Å². The molecule has 3 heterocycles. The second kappa shape index (κ2) is 7.32. The first-order valence-corrected chi connectivity index (χ1v) is 13.2. The average Bonchev–Trinajstić information content (AvgIpc) is 3.30. The van der Waals surface area contributed by atoms with E-state index in [0.29, 0.717) is 24.3 Å². The number of hydrogen-bond acceptors (Lipinski definition) is 4. The zero-order valence-electron chi connectivity index (χ0n) is 20.0. The number of likely N-dealkylation sites (tertiary alicyclic amines) is 2. The van der Waals surface area contributed by atoms with Crippen LogP contribution in [0, 0.1) is 5.92 Å². The third-order valence-electron chi connectivity index (χ3n) is 9.93. The van der Waals surface area contributed by atoms with Gasteiger partial charge in [-0.2, -0.15) is 0 Å². The molecular formula is C29H34N2O3. The molecule has 2 aliphatic carbocycles. The van der Waals surface area contributed by atoms with Crippen LogP contribution in [-0.2, 0) is 16.6 Å². The Bertz CT molecular complexity index is 1140. The molecule has 1 N–H and O–H groups in total. The van der Waals surface area contributed by atoms with Crippen LogP contribution in [0.5, 0.6) is 5.75 Å². The Morgan fingerprint density at radius 2 is 2.03 bits per heavy atom. The number of aromatic hydroxyl groups is 1. The van der Waals surface area contributed by atoms with E-state index in [1.54, 1.807) is 0 Å². The summed E-state index contributed by atoms with van der Waals surface area (Å²) in [6, 6.07) is 16.3. The van der Waals surface area contributed by atoms with Gasteiger partial charge in [-0.1, -0.05) is 37.6 Å². The summed E-state index contributed by atoms with van der Waals surface area (Å²) in [6.07, 6.45) is 6.54. The number of phenolic OH excluding ortho intramolecular Hbond substituents is 1. The summed E-state index contributed by atoms with van der Waals surface area (Å²) in [5, 5.41) is 10.6. The van der Waals surface area contributed by atoms with E-state index in [0.717, 1.165) is 44.3 Å². The van der Waals surface area contributed by atoms with Crippen molar-refractivity contribution in [1.82, 2.24) is 9.80 Å². The first-order valence-electron chi connectivity index (χ1n) is 13.2. The molecule has 7 rings (SSSR count). The number of rotatable bonds is 4. The van der Waals surface area contributed by atoms with Crippen molar-refractivity contribution in [1.29, 1.82) is 0 Å². The summed E-state index contributed by atoms with van der Waals surface area (Å²) in [7, 11) is 0. The molecule has 5 unspecified atom stereocenters. The molecule has 0 aromatic heterocycles. The lowest BCUT2D eigenvalue weighted by atomic mass is 9.46. The van der Waals surface area contributed by atoms with E-state index < -0.39 is 0 Å². The first kappa shape index (κ1) is 21.0. The van der Waals surface area contributed by atoms with Gasteiger partial charge in [-0.25, -0.2) is 0 Å². The lowest BCUT2D eigenvalue weighted by molar-refractivity contribution is -0.170. The molecule has 2 aromatic rings. The zero-order chi connectivity index (χ0) is 23.1. The highest BCUT2D eigenvalue weighted by Gasteiger charge is 2.78. The molecule has 6 atom stereocenters. The minimum absolute atomic E-state index is 0.0714. The molecule has 5 nitrogen and oxygen atoms in total. The van der Waals surface area contributed by atoms with Gasteiger partial charge < -0.3 is 14.7 Å². The fourth-order valence-corrected chi connectivity index (χ4v) is 8.78. The standard InChI is InChI=1S/C29H34N2O3/c1-2-3-14-30-15-13-28-22-17-21(32)10-9-20(22)16-25(30)29(28)12-11-23-26(28)24(34-29)18-31(23)27(33)19-7-5-4-6-8-19/h4-10,17,23-26,32H,2-3,11-16,18H2,1H3/t23?,24-,25?,26?,28?,29?/m1/s1. The van der Waals surface area contributed by atoms with Gasteiger partial charge in [0.15, 0.2) is 0 Å².